The molecule has 18 heavy (non-hydrogen) atoms. The van der Waals surface area contributed by atoms with Gasteiger partial charge < -0.3 is 5.32 Å². The van der Waals surface area contributed by atoms with Crippen molar-refractivity contribution in [1.82, 2.24) is 5.32 Å². The minimum Gasteiger partial charge on any atom is -0.351 e. The third-order valence-corrected chi connectivity index (χ3v) is 3.17. The molecule has 98 valence electrons. The minimum atomic E-state index is -0.576. The monoisotopic (exact) mass is 311 g/mol. The molecule has 0 aromatic heterocycles. The summed E-state index contributed by atoms with van der Waals surface area (Å²) in [6, 6.07) is 8.98. The maximum absolute atomic E-state index is 11.9. The van der Waals surface area contributed by atoms with Gasteiger partial charge in [0.05, 0.1) is 4.83 Å². The van der Waals surface area contributed by atoms with Crippen LogP contribution in [-0.4, -0.2) is 23.1 Å². The fraction of sp³-hybridized carbons (Fsp3) is 0.429. The first-order chi connectivity index (χ1) is 8.34. The molecule has 1 aromatic rings. The van der Waals surface area contributed by atoms with E-state index in [1.807, 2.05) is 32.0 Å². The molecule has 0 saturated heterocycles. The molecule has 0 aliphatic carbocycles. The lowest BCUT2D eigenvalue weighted by molar-refractivity contribution is -0.125. The van der Waals surface area contributed by atoms with Crippen LogP contribution in [0, 0.1) is 5.41 Å². The Morgan fingerprint density at radius 1 is 1.28 bits per heavy atom. The van der Waals surface area contributed by atoms with Crippen LogP contribution in [0.2, 0.25) is 0 Å². The number of Topliss-reactive ketones (excluding diaryl/α,β-unsaturated/α-hetero) is 1. The lowest BCUT2D eigenvalue weighted by atomic mass is 9.86. The predicted molar refractivity (Wildman–Crippen MR) is 76.0 cm³/mol. The molecular weight excluding hydrogens is 294 g/mol. The van der Waals surface area contributed by atoms with Gasteiger partial charge in [-0.25, -0.2) is 0 Å². The molecule has 1 unspecified atom stereocenters. The second-order valence-electron chi connectivity index (χ2n) is 4.91. The van der Waals surface area contributed by atoms with Crippen LogP contribution in [-0.2, 0) is 4.79 Å². The highest BCUT2D eigenvalue weighted by atomic mass is 79.9. The molecule has 1 amide bonds. The lowest BCUT2D eigenvalue weighted by Gasteiger charge is -2.24. The second-order valence-corrected chi connectivity index (χ2v) is 6.29. The van der Waals surface area contributed by atoms with Gasteiger partial charge in [0, 0.05) is 17.5 Å². The highest BCUT2D eigenvalue weighted by Crippen LogP contribution is 2.20. The largest absolute Gasteiger partial charge is 0.351 e. The Bertz CT molecular complexity index is 427. The maximum Gasteiger partial charge on any atom is 0.251 e. The first-order valence-electron chi connectivity index (χ1n) is 5.86. The summed E-state index contributed by atoms with van der Waals surface area (Å²) in [7, 11) is 0. The molecule has 0 fully saturated rings. The van der Waals surface area contributed by atoms with Crippen LogP contribution >= 0.6 is 15.9 Å². The summed E-state index contributed by atoms with van der Waals surface area (Å²) in [4.78, 5) is 23.6. The zero-order valence-electron chi connectivity index (χ0n) is 10.9. The molecule has 3 nitrogen and oxygen atoms in total. The van der Waals surface area contributed by atoms with Crippen molar-refractivity contribution in [1.29, 1.82) is 0 Å². The fourth-order valence-electron chi connectivity index (χ4n) is 1.62. The van der Waals surface area contributed by atoms with Gasteiger partial charge >= 0.3 is 0 Å². The Morgan fingerprint density at radius 3 is 2.33 bits per heavy atom. The molecule has 1 aromatic carbocycles. The molecule has 1 rings (SSSR count). The van der Waals surface area contributed by atoms with Crippen LogP contribution in [0.1, 0.15) is 31.1 Å². The van der Waals surface area contributed by atoms with E-state index in [1.165, 1.54) is 0 Å². The van der Waals surface area contributed by atoms with Crippen molar-refractivity contribution in [3.63, 3.8) is 0 Å². The van der Waals surface area contributed by atoms with Crippen molar-refractivity contribution in [3.05, 3.63) is 35.9 Å². The van der Waals surface area contributed by atoms with Gasteiger partial charge in [-0.15, -0.1) is 0 Å². The summed E-state index contributed by atoms with van der Waals surface area (Å²) in [5.74, 6) is -0.0745. The Kier molecular flexibility index (Phi) is 5.08. The smallest absolute Gasteiger partial charge is 0.251 e. The number of benzene rings is 1. The number of halogens is 1. The Morgan fingerprint density at radius 2 is 1.83 bits per heavy atom. The SMILES string of the molecule is CC(Br)C(=O)C(C)(C)CNC(=O)c1ccccc1. The third-order valence-electron chi connectivity index (χ3n) is 2.76. The first kappa shape index (κ1) is 14.9. The number of nitrogens with one attached hydrogen (secondary N) is 1. The van der Waals surface area contributed by atoms with Crippen LogP contribution in [0.5, 0.6) is 0 Å². The van der Waals surface area contributed by atoms with Crippen molar-refractivity contribution in [2.24, 2.45) is 5.41 Å². The normalized spacial score (nSPS) is 12.9. The number of carbonyl (C=O) groups is 2. The molecule has 4 heteroatoms. The maximum atomic E-state index is 11.9. The number of ketones is 1. The van der Waals surface area contributed by atoms with Crippen LogP contribution in [0.25, 0.3) is 0 Å². The number of carbonyl (C=O) groups excluding carboxylic acids is 2. The molecule has 0 heterocycles. The molecule has 1 atom stereocenters. The minimum absolute atomic E-state index is 0.0795. The van der Waals surface area contributed by atoms with Gasteiger partial charge in [-0.3, -0.25) is 9.59 Å². The first-order valence-corrected chi connectivity index (χ1v) is 6.78. The van der Waals surface area contributed by atoms with Crippen molar-refractivity contribution >= 4 is 27.6 Å². The highest BCUT2D eigenvalue weighted by molar-refractivity contribution is 9.10. The van der Waals surface area contributed by atoms with Crippen molar-refractivity contribution in [2.45, 2.75) is 25.6 Å². The summed E-state index contributed by atoms with van der Waals surface area (Å²) in [5.41, 5.74) is 0.0283. The van der Waals surface area contributed by atoms with E-state index in [-0.39, 0.29) is 16.5 Å². The second kappa shape index (κ2) is 6.14. The van der Waals surface area contributed by atoms with Gasteiger partial charge in [-0.2, -0.15) is 0 Å². The van der Waals surface area contributed by atoms with Gasteiger partial charge in [-0.05, 0) is 19.1 Å². The molecule has 0 bridgehead atoms. The van der Waals surface area contributed by atoms with Gasteiger partial charge in [-0.1, -0.05) is 48.0 Å². The Labute approximate surface area is 116 Å². The number of amides is 1. The Hall–Kier alpha value is -1.16. The third kappa shape index (κ3) is 3.95. The van der Waals surface area contributed by atoms with Gasteiger partial charge in [0.25, 0.3) is 5.91 Å². The van der Waals surface area contributed by atoms with E-state index < -0.39 is 5.41 Å². The quantitative estimate of drug-likeness (QED) is 0.850. The van der Waals surface area contributed by atoms with Crippen LogP contribution in [0.3, 0.4) is 0 Å². The van der Waals surface area contributed by atoms with Gasteiger partial charge in [0.15, 0.2) is 5.78 Å². The number of alkyl halides is 1. The van der Waals surface area contributed by atoms with E-state index >= 15 is 0 Å². The molecule has 1 N–H and O–H groups in total. The summed E-state index contributed by atoms with van der Waals surface area (Å²) < 4.78 is 0. The topological polar surface area (TPSA) is 46.2 Å². The molecule has 0 saturated carbocycles. The fourth-order valence-corrected chi connectivity index (χ4v) is 2.24. The Balaban J connectivity index is 2.61. The van der Waals surface area contributed by atoms with Crippen LogP contribution < -0.4 is 5.32 Å². The number of hydrogen-bond acceptors (Lipinski definition) is 2. The van der Waals surface area contributed by atoms with Crippen LogP contribution in [0.15, 0.2) is 30.3 Å². The number of rotatable bonds is 5. The lowest BCUT2D eigenvalue weighted by Crippen LogP contribution is -2.41. The summed E-state index contributed by atoms with van der Waals surface area (Å²) >= 11 is 3.27. The standard InChI is InChI=1S/C14H18BrNO2/c1-10(15)12(17)14(2,3)9-16-13(18)11-7-5-4-6-8-11/h4-8,10H,9H2,1-3H3,(H,16,18). The van der Waals surface area contributed by atoms with Gasteiger partial charge in [0.1, 0.15) is 0 Å². The molecule has 0 aliphatic heterocycles. The van der Waals surface area contributed by atoms with Gasteiger partial charge in [0.2, 0.25) is 0 Å². The number of hydrogen-bond donors (Lipinski definition) is 1. The van der Waals surface area contributed by atoms with E-state index in [0.29, 0.717) is 12.1 Å². The average molecular weight is 312 g/mol. The predicted octanol–water partition coefficient (Wildman–Crippen LogP) is 2.80. The van der Waals surface area contributed by atoms with Crippen molar-refractivity contribution in [3.8, 4) is 0 Å². The molecule has 0 aliphatic rings. The van der Waals surface area contributed by atoms with E-state index in [2.05, 4.69) is 21.2 Å². The average Bonchev–Trinajstić information content (AvgIpc) is 2.36. The molecular formula is C14H18BrNO2. The van der Waals surface area contributed by atoms with E-state index in [0.717, 1.165) is 0 Å². The van der Waals surface area contributed by atoms with E-state index in [9.17, 15) is 9.59 Å². The van der Waals surface area contributed by atoms with Crippen LogP contribution in [0.4, 0.5) is 0 Å². The zero-order chi connectivity index (χ0) is 13.8. The van der Waals surface area contributed by atoms with E-state index in [1.54, 1.807) is 19.1 Å². The van der Waals surface area contributed by atoms with Crippen molar-refractivity contribution < 1.29 is 9.59 Å². The molecule has 0 spiro atoms. The van der Waals surface area contributed by atoms with Crippen molar-refractivity contribution in [2.75, 3.05) is 6.54 Å². The summed E-state index contributed by atoms with van der Waals surface area (Å²) in [6.07, 6.45) is 0. The summed E-state index contributed by atoms with van der Waals surface area (Å²) in [6.45, 7) is 5.79. The highest BCUT2D eigenvalue weighted by Gasteiger charge is 2.30. The summed E-state index contributed by atoms with van der Waals surface area (Å²) in [5, 5.41) is 2.79. The molecule has 0 radical (unpaired) electrons. The zero-order valence-corrected chi connectivity index (χ0v) is 12.5. The van der Waals surface area contributed by atoms with E-state index in [4.69, 9.17) is 0 Å².